The van der Waals surface area contributed by atoms with Crippen LogP contribution in [0.25, 0.3) is 11.0 Å². The normalized spacial score (nSPS) is 26.1. The molecule has 2 amide bonds. The molecule has 1 aliphatic carbocycles. The third-order valence-electron chi connectivity index (χ3n) is 6.20. The number of aliphatic carboxylic acids is 1. The number of rotatable bonds is 3. The van der Waals surface area contributed by atoms with Crippen LogP contribution >= 0.6 is 0 Å². The monoisotopic (exact) mass is 356 g/mol. The van der Waals surface area contributed by atoms with Gasteiger partial charge in [-0.1, -0.05) is 24.6 Å². The third kappa shape index (κ3) is 2.47. The Morgan fingerprint density at radius 2 is 2.15 bits per heavy atom. The van der Waals surface area contributed by atoms with Gasteiger partial charge in [-0.05, 0) is 38.7 Å². The number of benzene rings is 1. The molecule has 4 rings (SSSR count). The zero-order valence-corrected chi connectivity index (χ0v) is 15.1. The lowest BCUT2D eigenvalue weighted by Crippen LogP contribution is -2.42. The van der Waals surface area contributed by atoms with Crippen molar-refractivity contribution in [2.24, 2.45) is 11.3 Å². The van der Waals surface area contributed by atoms with Crippen LogP contribution in [0.1, 0.15) is 43.6 Å². The van der Waals surface area contributed by atoms with Gasteiger partial charge >= 0.3 is 12.0 Å². The lowest BCUT2D eigenvalue weighted by Gasteiger charge is -2.24. The highest BCUT2D eigenvalue weighted by atomic mass is 16.4. The zero-order chi connectivity index (χ0) is 18.5. The van der Waals surface area contributed by atoms with Gasteiger partial charge in [-0.15, -0.1) is 0 Å². The van der Waals surface area contributed by atoms with Crippen molar-refractivity contribution in [3.63, 3.8) is 0 Å². The maximum Gasteiger partial charge on any atom is 0.318 e. The van der Waals surface area contributed by atoms with Gasteiger partial charge in [-0.2, -0.15) is 0 Å². The second kappa shape index (κ2) is 6.04. The molecule has 2 heterocycles. The van der Waals surface area contributed by atoms with Gasteiger partial charge in [0.05, 0.1) is 11.5 Å². The molecule has 0 unspecified atom stereocenters. The van der Waals surface area contributed by atoms with Crippen LogP contribution in [0.2, 0.25) is 0 Å². The minimum atomic E-state index is -0.767. The molecule has 26 heavy (non-hydrogen) atoms. The highest BCUT2D eigenvalue weighted by molar-refractivity contribution is 5.83. The van der Waals surface area contributed by atoms with Gasteiger partial charge in [0.25, 0.3) is 0 Å². The van der Waals surface area contributed by atoms with Crippen LogP contribution in [0.5, 0.6) is 0 Å². The third-order valence-corrected chi connectivity index (χ3v) is 6.20. The standard InChI is InChI=1S/C20H24N2O4/c1-12-15-7-3-4-8-16(15)26-17(12)13(2)21-19(25)22-10-14-6-5-9-20(14,11-22)18(23)24/h3-4,7-8,13-14H,5-6,9-11H2,1-2H3,(H,21,25)(H,23,24)/t13-,14-,20+/m0/s1. The first-order chi connectivity index (χ1) is 12.4. The summed E-state index contributed by atoms with van der Waals surface area (Å²) in [5.74, 6) is 0.0392. The van der Waals surface area contributed by atoms with Gasteiger partial charge in [0, 0.05) is 24.0 Å². The molecular formula is C20H24N2O4. The lowest BCUT2D eigenvalue weighted by atomic mass is 9.81. The molecule has 1 aliphatic heterocycles. The fourth-order valence-electron chi connectivity index (χ4n) is 4.74. The number of nitrogens with zero attached hydrogens (tertiary/aromatic N) is 1. The number of fused-ring (bicyclic) bond motifs is 2. The summed E-state index contributed by atoms with van der Waals surface area (Å²) < 4.78 is 5.93. The molecule has 0 radical (unpaired) electrons. The molecule has 138 valence electrons. The van der Waals surface area contributed by atoms with Crippen molar-refractivity contribution in [1.29, 1.82) is 0 Å². The Kier molecular flexibility index (Phi) is 3.93. The quantitative estimate of drug-likeness (QED) is 0.878. The van der Waals surface area contributed by atoms with E-state index < -0.39 is 11.4 Å². The molecule has 6 heteroatoms. The summed E-state index contributed by atoms with van der Waals surface area (Å²) in [7, 11) is 0. The number of carbonyl (C=O) groups excluding carboxylic acids is 1. The van der Waals surface area contributed by atoms with E-state index in [9.17, 15) is 14.7 Å². The molecule has 2 N–H and O–H groups in total. The Hall–Kier alpha value is -2.50. The highest BCUT2D eigenvalue weighted by Gasteiger charge is 2.55. The number of furan rings is 1. The fraction of sp³-hybridized carbons (Fsp3) is 0.500. The van der Waals surface area contributed by atoms with Crippen molar-refractivity contribution in [3.05, 3.63) is 35.6 Å². The summed E-state index contributed by atoms with van der Waals surface area (Å²) in [6.45, 7) is 4.70. The topological polar surface area (TPSA) is 82.8 Å². The van der Waals surface area contributed by atoms with E-state index in [0.29, 0.717) is 19.5 Å². The number of hydrogen-bond acceptors (Lipinski definition) is 3. The lowest BCUT2D eigenvalue weighted by molar-refractivity contribution is -0.149. The molecular weight excluding hydrogens is 332 g/mol. The van der Waals surface area contributed by atoms with Crippen LogP contribution in [0, 0.1) is 18.3 Å². The Balaban J connectivity index is 1.50. The summed E-state index contributed by atoms with van der Waals surface area (Å²) in [4.78, 5) is 26.2. The Morgan fingerprint density at radius 3 is 2.85 bits per heavy atom. The van der Waals surface area contributed by atoms with E-state index in [4.69, 9.17) is 4.42 Å². The largest absolute Gasteiger partial charge is 0.481 e. The first-order valence-electron chi connectivity index (χ1n) is 9.19. The minimum Gasteiger partial charge on any atom is -0.481 e. The van der Waals surface area contributed by atoms with Gasteiger partial charge < -0.3 is 19.7 Å². The summed E-state index contributed by atoms with van der Waals surface area (Å²) >= 11 is 0. The number of nitrogens with one attached hydrogen (secondary N) is 1. The van der Waals surface area contributed by atoms with E-state index >= 15 is 0 Å². The maximum atomic E-state index is 12.7. The predicted molar refractivity (Wildman–Crippen MR) is 96.9 cm³/mol. The molecule has 1 aromatic heterocycles. The first kappa shape index (κ1) is 16.9. The number of carbonyl (C=O) groups is 2. The van der Waals surface area contributed by atoms with Crippen LogP contribution < -0.4 is 5.32 Å². The number of likely N-dealkylation sites (tertiary alicyclic amines) is 1. The van der Waals surface area contributed by atoms with Gasteiger partial charge in [0.2, 0.25) is 0 Å². The second-order valence-electron chi connectivity index (χ2n) is 7.69. The van der Waals surface area contributed by atoms with Crippen LogP contribution in [-0.2, 0) is 4.79 Å². The molecule has 6 nitrogen and oxygen atoms in total. The number of carboxylic acids is 1. The van der Waals surface area contributed by atoms with Crippen LogP contribution in [-0.4, -0.2) is 35.1 Å². The van der Waals surface area contributed by atoms with Gasteiger partial charge in [-0.3, -0.25) is 4.79 Å². The fourth-order valence-corrected chi connectivity index (χ4v) is 4.74. The molecule has 3 atom stereocenters. The number of urea groups is 1. The number of carboxylic acid groups (broad SMARTS) is 1. The molecule has 1 aromatic carbocycles. The Bertz CT molecular complexity index is 874. The van der Waals surface area contributed by atoms with Gasteiger partial charge in [0.1, 0.15) is 11.3 Å². The molecule has 0 spiro atoms. The van der Waals surface area contributed by atoms with E-state index in [1.165, 1.54) is 0 Å². The summed E-state index contributed by atoms with van der Waals surface area (Å²) in [5, 5.41) is 13.7. The molecule has 2 aliphatic rings. The van der Waals surface area contributed by atoms with Crippen molar-refractivity contribution < 1.29 is 19.1 Å². The molecule has 1 saturated heterocycles. The zero-order valence-electron chi connectivity index (χ0n) is 15.1. The maximum absolute atomic E-state index is 12.7. The Morgan fingerprint density at radius 1 is 1.38 bits per heavy atom. The van der Waals surface area contributed by atoms with Crippen molar-refractivity contribution in [1.82, 2.24) is 10.2 Å². The molecule has 1 saturated carbocycles. The van der Waals surface area contributed by atoms with Crippen molar-refractivity contribution in [2.45, 2.75) is 39.2 Å². The van der Waals surface area contributed by atoms with E-state index in [-0.39, 0.29) is 18.0 Å². The average Bonchev–Trinajstić information content (AvgIpc) is 3.26. The van der Waals surface area contributed by atoms with Gasteiger partial charge in [-0.25, -0.2) is 4.79 Å². The van der Waals surface area contributed by atoms with E-state index in [1.807, 2.05) is 38.1 Å². The van der Waals surface area contributed by atoms with Crippen LogP contribution in [0.4, 0.5) is 4.79 Å². The van der Waals surface area contributed by atoms with Crippen molar-refractivity contribution in [2.75, 3.05) is 13.1 Å². The van der Waals surface area contributed by atoms with E-state index in [0.717, 1.165) is 35.1 Å². The summed E-state index contributed by atoms with van der Waals surface area (Å²) in [6.07, 6.45) is 2.48. The Labute approximate surface area is 152 Å². The van der Waals surface area contributed by atoms with E-state index in [1.54, 1.807) is 4.90 Å². The van der Waals surface area contributed by atoms with Gasteiger partial charge in [0.15, 0.2) is 0 Å². The number of para-hydroxylation sites is 1. The average molecular weight is 356 g/mol. The number of amides is 2. The summed E-state index contributed by atoms with van der Waals surface area (Å²) in [6, 6.07) is 7.31. The predicted octanol–water partition coefficient (Wildman–Crippen LogP) is 3.70. The second-order valence-corrected chi connectivity index (χ2v) is 7.69. The van der Waals surface area contributed by atoms with E-state index in [2.05, 4.69) is 5.32 Å². The number of aryl methyl sites for hydroxylation is 1. The molecule has 2 aromatic rings. The smallest absolute Gasteiger partial charge is 0.318 e. The molecule has 2 fully saturated rings. The highest BCUT2D eigenvalue weighted by Crippen LogP contribution is 2.48. The SMILES string of the molecule is Cc1c([C@H](C)NC(=O)N2C[C@@H]3CCC[C@@]3(C(=O)O)C2)oc2ccccc12. The van der Waals surface area contributed by atoms with Crippen molar-refractivity contribution >= 4 is 23.0 Å². The molecule has 0 bridgehead atoms. The minimum absolute atomic E-state index is 0.0639. The summed E-state index contributed by atoms with van der Waals surface area (Å²) in [5.41, 5.74) is 1.07. The van der Waals surface area contributed by atoms with Crippen LogP contribution in [0.3, 0.4) is 0 Å². The first-order valence-corrected chi connectivity index (χ1v) is 9.19. The van der Waals surface area contributed by atoms with Crippen LogP contribution in [0.15, 0.2) is 28.7 Å². The number of hydrogen-bond donors (Lipinski definition) is 2. The van der Waals surface area contributed by atoms with Crippen molar-refractivity contribution in [3.8, 4) is 0 Å².